The van der Waals surface area contributed by atoms with Crippen molar-refractivity contribution >= 4 is 11.6 Å². The molecule has 1 saturated heterocycles. The zero-order valence-electron chi connectivity index (χ0n) is 15.2. The highest BCUT2D eigenvalue weighted by molar-refractivity contribution is 5.98. The first-order valence-electron chi connectivity index (χ1n) is 9.56. The minimum atomic E-state index is -0.154. The smallest absolute Gasteiger partial charge is 0.251 e. The van der Waals surface area contributed by atoms with Crippen molar-refractivity contribution in [1.29, 1.82) is 0 Å². The summed E-state index contributed by atoms with van der Waals surface area (Å²) in [6.07, 6.45) is 9.29. The van der Waals surface area contributed by atoms with Crippen molar-refractivity contribution in [1.82, 2.24) is 9.78 Å². The molecule has 1 aliphatic heterocycles. The van der Waals surface area contributed by atoms with E-state index in [0.29, 0.717) is 5.92 Å². The van der Waals surface area contributed by atoms with Crippen LogP contribution in [0.15, 0.2) is 30.5 Å². The molecule has 1 aromatic heterocycles. The number of anilines is 1. The van der Waals surface area contributed by atoms with Crippen molar-refractivity contribution in [3.8, 4) is 0 Å². The first kappa shape index (κ1) is 16.4. The van der Waals surface area contributed by atoms with Crippen LogP contribution in [0.25, 0.3) is 0 Å². The predicted molar refractivity (Wildman–Crippen MR) is 100.0 cm³/mol. The predicted octanol–water partition coefficient (Wildman–Crippen LogP) is 4.53. The Morgan fingerprint density at radius 3 is 2.44 bits per heavy atom. The summed E-state index contributed by atoms with van der Waals surface area (Å²) in [5.74, 6) is 0.755. The largest absolute Gasteiger partial charge is 0.310 e. The number of hydrogen-bond acceptors (Lipinski definition) is 2. The molecule has 2 aliphatic rings. The Morgan fingerprint density at radius 2 is 1.72 bits per heavy atom. The molecule has 1 aliphatic carbocycles. The van der Waals surface area contributed by atoms with Gasteiger partial charge in [-0.05, 0) is 62.4 Å². The van der Waals surface area contributed by atoms with E-state index in [9.17, 15) is 4.79 Å². The van der Waals surface area contributed by atoms with E-state index < -0.39 is 0 Å². The minimum absolute atomic E-state index is 0.154. The second kappa shape index (κ2) is 6.66. The molecular weight excluding hydrogens is 310 g/mol. The van der Waals surface area contributed by atoms with Crippen LogP contribution in [0.4, 0.5) is 5.69 Å². The van der Waals surface area contributed by atoms with Crippen LogP contribution in [0, 0.1) is 13.8 Å². The Balaban J connectivity index is 1.52. The SMILES string of the molecule is Cc1cc(C)cc(N2CCC(n3ccc(C4CCCCC4)n3)C2=O)c1. The van der Waals surface area contributed by atoms with Crippen LogP contribution in [0.3, 0.4) is 0 Å². The summed E-state index contributed by atoms with van der Waals surface area (Å²) >= 11 is 0. The molecule has 4 nitrogen and oxygen atoms in total. The highest BCUT2D eigenvalue weighted by Gasteiger charge is 2.35. The van der Waals surface area contributed by atoms with Gasteiger partial charge in [0, 0.05) is 24.3 Å². The quantitative estimate of drug-likeness (QED) is 0.825. The van der Waals surface area contributed by atoms with Crippen LogP contribution in [-0.4, -0.2) is 22.2 Å². The number of nitrogens with zero attached hydrogens (tertiary/aromatic N) is 3. The Bertz CT molecular complexity index is 753. The normalized spacial score (nSPS) is 21.9. The number of aromatic nitrogens is 2. The molecule has 0 bridgehead atoms. The highest BCUT2D eigenvalue weighted by atomic mass is 16.2. The first-order chi connectivity index (χ1) is 12.1. The lowest BCUT2D eigenvalue weighted by atomic mass is 9.87. The molecule has 132 valence electrons. The van der Waals surface area contributed by atoms with E-state index in [2.05, 4.69) is 38.1 Å². The molecule has 0 N–H and O–H groups in total. The van der Waals surface area contributed by atoms with Crippen LogP contribution in [0.1, 0.15) is 67.3 Å². The monoisotopic (exact) mass is 337 g/mol. The van der Waals surface area contributed by atoms with E-state index >= 15 is 0 Å². The average Bonchev–Trinajstić information content (AvgIpc) is 3.21. The molecule has 4 rings (SSSR count). The maximum absolute atomic E-state index is 13.0. The van der Waals surface area contributed by atoms with E-state index in [1.165, 1.54) is 48.9 Å². The van der Waals surface area contributed by atoms with Crippen LogP contribution in [-0.2, 0) is 4.79 Å². The number of rotatable bonds is 3. The summed E-state index contributed by atoms with van der Waals surface area (Å²) in [7, 11) is 0. The molecule has 1 aromatic carbocycles. The lowest BCUT2D eigenvalue weighted by Gasteiger charge is -2.20. The molecule has 2 aromatic rings. The van der Waals surface area contributed by atoms with Gasteiger partial charge in [-0.15, -0.1) is 0 Å². The lowest BCUT2D eigenvalue weighted by Crippen LogP contribution is -2.28. The summed E-state index contributed by atoms with van der Waals surface area (Å²) in [6.45, 7) is 4.93. The first-order valence-corrected chi connectivity index (χ1v) is 9.56. The van der Waals surface area contributed by atoms with E-state index in [1.807, 2.05) is 15.8 Å². The summed E-state index contributed by atoms with van der Waals surface area (Å²) in [6, 6.07) is 8.32. The van der Waals surface area contributed by atoms with Crippen LogP contribution < -0.4 is 4.90 Å². The number of aryl methyl sites for hydroxylation is 2. The fourth-order valence-electron chi connectivity index (χ4n) is 4.42. The third-order valence-electron chi connectivity index (χ3n) is 5.67. The Hall–Kier alpha value is -2.10. The lowest BCUT2D eigenvalue weighted by molar-refractivity contribution is -0.120. The molecular formula is C21H27N3O. The van der Waals surface area contributed by atoms with Gasteiger partial charge in [-0.25, -0.2) is 0 Å². The Kier molecular flexibility index (Phi) is 4.36. The molecule has 25 heavy (non-hydrogen) atoms. The summed E-state index contributed by atoms with van der Waals surface area (Å²) < 4.78 is 1.91. The number of benzene rings is 1. The van der Waals surface area contributed by atoms with Gasteiger partial charge < -0.3 is 4.90 Å². The van der Waals surface area contributed by atoms with E-state index in [4.69, 9.17) is 5.10 Å². The topological polar surface area (TPSA) is 38.1 Å². The zero-order valence-corrected chi connectivity index (χ0v) is 15.2. The molecule has 0 spiro atoms. The summed E-state index contributed by atoms with van der Waals surface area (Å²) in [5, 5.41) is 4.80. The number of carbonyl (C=O) groups excluding carboxylic acids is 1. The van der Waals surface area contributed by atoms with Crippen molar-refractivity contribution in [3.63, 3.8) is 0 Å². The van der Waals surface area contributed by atoms with Crippen molar-refractivity contribution in [2.75, 3.05) is 11.4 Å². The summed E-state index contributed by atoms with van der Waals surface area (Å²) in [4.78, 5) is 14.9. The van der Waals surface area contributed by atoms with E-state index in [-0.39, 0.29) is 11.9 Å². The molecule has 1 atom stereocenters. The molecule has 1 unspecified atom stereocenters. The number of hydrogen-bond donors (Lipinski definition) is 0. The van der Waals surface area contributed by atoms with Crippen molar-refractivity contribution in [3.05, 3.63) is 47.3 Å². The second-order valence-corrected chi connectivity index (χ2v) is 7.70. The van der Waals surface area contributed by atoms with Gasteiger partial charge in [-0.3, -0.25) is 9.48 Å². The van der Waals surface area contributed by atoms with Gasteiger partial charge >= 0.3 is 0 Å². The van der Waals surface area contributed by atoms with Crippen LogP contribution in [0.5, 0.6) is 0 Å². The van der Waals surface area contributed by atoms with Gasteiger partial charge in [0.2, 0.25) is 0 Å². The average molecular weight is 337 g/mol. The molecule has 0 radical (unpaired) electrons. The third-order valence-corrected chi connectivity index (χ3v) is 5.67. The van der Waals surface area contributed by atoms with Gasteiger partial charge in [-0.2, -0.15) is 5.10 Å². The van der Waals surface area contributed by atoms with Gasteiger partial charge in [-0.1, -0.05) is 25.3 Å². The highest BCUT2D eigenvalue weighted by Crippen LogP contribution is 2.33. The Labute approximate surface area is 149 Å². The van der Waals surface area contributed by atoms with E-state index in [0.717, 1.165) is 18.7 Å². The molecule has 1 saturated carbocycles. The summed E-state index contributed by atoms with van der Waals surface area (Å²) in [5.41, 5.74) is 4.59. The van der Waals surface area contributed by atoms with Gasteiger partial charge in [0.1, 0.15) is 6.04 Å². The fourth-order valence-corrected chi connectivity index (χ4v) is 4.42. The minimum Gasteiger partial charge on any atom is -0.310 e. The van der Waals surface area contributed by atoms with Crippen LogP contribution in [0.2, 0.25) is 0 Å². The molecule has 2 heterocycles. The number of carbonyl (C=O) groups is 1. The van der Waals surface area contributed by atoms with Crippen LogP contribution >= 0.6 is 0 Å². The Morgan fingerprint density at radius 1 is 1.00 bits per heavy atom. The standard InChI is InChI=1S/C21H27N3O/c1-15-12-16(2)14-18(13-15)23-10-9-20(21(23)25)24-11-8-19(22-24)17-6-4-3-5-7-17/h8,11-14,17,20H,3-7,9-10H2,1-2H3. The maximum Gasteiger partial charge on any atom is 0.251 e. The molecule has 4 heteroatoms. The third kappa shape index (κ3) is 3.22. The van der Waals surface area contributed by atoms with Gasteiger partial charge in [0.05, 0.1) is 5.69 Å². The van der Waals surface area contributed by atoms with Gasteiger partial charge in [0.25, 0.3) is 5.91 Å². The number of amides is 1. The van der Waals surface area contributed by atoms with E-state index in [1.54, 1.807) is 0 Å². The van der Waals surface area contributed by atoms with Gasteiger partial charge in [0.15, 0.2) is 0 Å². The molecule has 2 fully saturated rings. The second-order valence-electron chi connectivity index (χ2n) is 7.70. The maximum atomic E-state index is 13.0. The van der Waals surface area contributed by atoms with Crippen molar-refractivity contribution in [2.24, 2.45) is 0 Å². The zero-order chi connectivity index (χ0) is 17.4. The fraction of sp³-hybridized carbons (Fsp3) is 0.524. The van der Waals surface area contributed by atoms with Crippen molar-refractivity contribution in [2.45, 2.75) is 64.3 Å². The molecule has 1 amide bonds. The van der Waals surface area contributed by atoms with Crippen molar-refractivity contribution < 1.29 is 4.79 Å².